The number of halogens is 4. The minimum atomic E-state index is -4.67. The van der Waals surface area contributed by atoms with Crippen LogP contribution >= 0.6 is 0 Å². The number of fused-ring (bicyclic) bond motifs is 1. The van der Waals surface area contributed by atoms with E-state index in [-0.39, 0.29) is 31.7 Å². The van der Waals surface area contributed by atoms with Crippen LogP contribution in [-0.4, -0.2) is 38.5 Å². The van der Waals surface area contributed by atoms with Gasteiger partial charge in [-0.25, -0.2) is 13.9 Å². The highest BCUT2D eigenvalue weighted by Gasteiger charge is 2.52. The lowest BCUT2D eigenvalue weighted by atomic mass is 9.71. The maximum atomic E-state index is 15.1. The maximum absolute atomic E-state index is 15.1. The van der Waals surface area contributed by atoms with E-state index in [2.05, 4.69) is 15.4 Å². The molecule has 0 spiro atoms. The zero-order valence-electron chi connectivity index (χ0n) is 18.0. The molecule has 1 saturated heterocycles. The molecule has 0 bridgehead atoms. The normalized spacial score (nSPS) is 26.1. The van der Waals surface area contributed by atoms with Crippen LogP contribution in [0.4, 0.5) is 17.6 Å². The van der Waals surface area contributed by atoms with E-state index in [0.717, 1.165) is 36.1 Å². The summed E-state index contributed by atoms with van der Waals surface area (Å²) in [7, 11) is 0. The van der Waals surface area contributed by atoms with Crippen LogP contribution in [0.25, 0.3) is 5.65 Å². The van der Waals surface area contributed by atoms with Crippen molar-refractivity contribution in [2.24, 2.45) is 0 Å². The molecule has 1 saturated carbocycles. The zero-order chi connectivity index (χ0) is 23.4. The molecule has 6 nitrogen and oxygen atoms in total. The molecule has 5 rings (SSSR count). The molecule has 2 unspecified atom stereocenters. The van der Waals surface area contributed by atoms with Gasteiger partial charge in [-0.05, 0) is 49.8 Å². The fourth-order valence-corrected chi connectivity index (χ4v) is 4.66. The van der Waals surface area contributed by atoms with E-state index in [4.69, 9.17) is 4.74 Å². The topological polar surface area (TPSA) is 71.7 Å². The number of benzene rings is 1. The highest BCUT2D eigenvalue weighted by Crippen LogP contribution is 2.43. The third-order valence-electron chi connectivity index (χ3n) is 6.76. The van der Waals surface area contributed by atoms with Crippen molar-refractivity contribution < 1.29 is 27.4 Å². The number of hydrogen-bond donors (Lipinski definition) is 2. The highest BCUT2D eigenvalue weighted by atomic mass is 19.4. The molecule has 2 N–H and O–H groups in total. The van der Waals surface area contributed by atoms with Crippen LogP contribution < -0.4 is 5.32 Å². The molecule has 1 aliphatic carbocycles. The van der Waals surface area contributed by atoms with Gasteiger partial charge in [-0.2, -0.15) is 18.3 Å². The summed E-state index contributed by atoms with van der Waals surface area (Å²) >= 11 is 0. The van der Waals surface area contributed by atoms with Crippen molar-refractivity contribution >= 4 is 5.65 Å². The van der Waals surface area contributed by atoms with Gasteiger partial charge >= 0.3 is 6.18 Å². The molecule has 33 heavy (non-hydrogen) atoms. The summed E-state index contributed by atoms with van der Waals surface area (Å²) < 4.78 is 61.4. The Kier molecular flexibility index (Phi) is 5.22. The molecule has 176 valence electrons. The second-order valence-corrected chi connectivity index (χ2v) is 9.13. The SMILES string of the molecule is CC1(O)COCCC1(NCc1cnn2cc(C3CC3)cnc12)c1ccc(C(F)(F)F)cc1F. The average molecular weight is 464 g/mol. The minimum absolute atomic E-state index is 0.0377. The fraction of sp³-hybridized carbons (Fsp3) is 0.478. The zero-order valence-corrected chi connectivity index (χ0v) is 18.0. The lowest BCUT2D eigenvalue weighted by Crippen LogP contribution is -2.64. The van der Waals surface area contributed by atoms with Crippen LogP contribution in [0.3, 0.4) is 0 Å². The molecule has 2 aromatic heterocycles. The lowest BCUT2D eigenvalue weighted by Gasteiger charge is -2.49. The summed E-state index contributed by atoms with van der Waals surface area (Å²) in [4.78, 5) is 4.53. The Morgan fingerprint density at radius 2 is 2.06 bits per heavy atom. The number of rotatable bonds is 5. The number of ether oxygens (including phenoxy) is 1. The Morgan fingerprint density at radius 1 is 1.27 bits per heavy atom. The van der Waals surface area contributed by atoms with Crippen molar-refractivity contribution in [3.05, 3.63) is 64.9 Å². The molecular weight excluding hydrogens is 440 g/mol. The molecule has 0 amide bonds. The van der Waals surface area contributed by atoms with E-state index in [1.165, 1.54) is 6.92 Å². The van der Waals surface area contributed by atoms with Gasteiger partial charge < -0.3 is 15.2 Å². The van der Waals surface area contributed by atoms with Crippen LogP contribution in [0.15, 0.2) is 36.8 Å². The number of nitrogens with one attached hydrogen (secondary N) is 1. The van der Waals surface area contributed by atoms with E-state index in [0.29, 0.717) is 17.6 Å². The Morgan fingerprint density at radius 3 is 2.73 bits per heavy atom. The first-order valence-electron chi connectivity index (χ1n) is 10.9. The van der Waals surface area contributed by atoms with Crippen molar-refractivity contribution in [2.45, 2.75) is 56.0 Å². The second-order valence-electron chi connectivity index (χ2n) is 9.13. The number of aromatic nitrogens is 3. The summed E-state index contributed by atoms with van der Waals surface area (Å²) in [6, 6.07) is 2.41. The van der Waals surface area contributed by atoms with E-state index in [1.807, 2.05) is 12.4 Å². The second kappa shape index (κ2) is 7.75. The minimum Gasteiger partial charge on any atom is -0.385 e. The third-order valence-corrected chi connectivity index (χ3v) is 6.76. The van der Waals surface area contributed by atoms with Crippen LogP contribution in [0.5, 0.6) is 0 Å². The smallest absolute Gasteiger partial charge is 0.385 e. The van der Waals surface area contributed by atoms with Gasteiger partial charge in [-0.15, -0.1) is 0 Å². The molecule has 1 aliphatic heterocycles. The van der Waals surface area contributed by atoms with Crippen molar-refractivity contribution in [2.75, 3.05) is 13.2 Å². The number of nitrogens with zero attached hydrogens (tertiary/aromatic N) is 3. The number of hydrogen-bond acceptors (Lipinski definition) is 5. The lowest BCUT2D eigenvalue weighted by molar-refractivity contribution is -0.144. The fourth-order valence-electron chi connectivity index (χ4n) is 4.66. The van der Waals surface area contributed by atoms with Crippen molar-refractivity contribution in [3.63, 3.8) is 0 Å². The number of aliphatic hydroxyl groups is 1. The highest BCUT2D eigenvalue weighted by molar-refractivity contribution is 5.47. The molecule has 10 heteroatoms. The van der Waals surface area contributed by atoms with Gasteiger partial charge in [-0.3, -0.25) is 0 Å². The summed E-state index contributed by atoms with van der Waals surface area (Å²) in [5.74, 6) is -0.512. The molecule has 3 aromatic rings. The van der Waals surface area contributed by atoms with Crippen LogP contribution in [0.1, 0.15) is 54.4 Å². The van der Waals surface area contributed by atoms with Gasteiger partial charge in [-0.1, -0.05) is 6.07 Å². The van der Waals surface area contributed by atoms with Crippen molar-refractivity contribution in [3.8, 4) is 0 Å². The summed E-state index contributed by atoms with van der Waals surface area (Å²) in [6.45, 7) is 1.78. The first kappa shape index (κ1) is 22.2. The van der Waals surface area contributed by atoms with Crippen LogP contribution in [-0.2, 0) is 23.0 Å². The third kappa shape index (κ3) is 3.89. The van der Waals surface area contributed by atoms with Gasteiger partial charge in [0.05, 0.1) is 23.9 Å². The van der Waals surface area contributed by atoms with Gasteiger partial charge in [0.25, 0.3) is 0 Å². The van der Waals surface area contributed by atoms with E-state index < -0.39 is 28.7 Å². The predicted octanol–water partition coefficient (Wildman–Crippen LogP) is 3.92. The monoisotopic (exact) mass is 464 g/mol. The van der Waals surface area contributed by atoms with E-state index in [1.54, 1.807) is 10.7 Å². The van der Waals surface area contributed by atoms with Gasteiger partial charge in [0.15, 0.2) is 5.65 Å². The quantitative estimate of drug-likeness (QED) is 0.560. The van der Waals surface area contributed by atoms with Gasteiger partial charge in [0.1, 0.15) is 11.4 Å². The summed E-state index contributed by atoms with van der Waals surface area (Å²) in [6.07, 6.45) is 3.20. The Bertz CT molecular complexity index is 1190. The van der Waals surface area contributed by atoms with Crippen LogP contribution in [0, 0.1) is 5.82 Å². The van der Waals surface area contributed by atoms with Gasteiger partial charge in [0, 0.05) is 36.7 Å². The van der Waals surface area contributed by atoms with Crippen LogP contribution in [0.2, 0.25) is 0 Å². The first-order chi connectivity index (χ1) is 15.6. The maximum Gasteiger partial charge on any atom is 0.416 e. The average Bonchev–Trinajstić information content (AvgIpc) is 3.53. The number of alkyl halides is 3. The molecule has 3 heterocycles. The molecule has 2 aliphatic rings. The largest absolute Gasteiger partial charge is 0.416 e. The molecule has 0 radical (unpaired) electrons. The van der Waals surface area contributed by atoms with Crippen molar-refractivity contribution in [1.29, 1.82) is 0 Å². The summed E-state index contributed by atoms with van der Waals surface area (Å²) in [5.41, 5.74) is -1.59. The Labute approximate surface area is 187 Å². The van der Waals surface area contributed by atoms with Crippen molar-refractivity contribution in [1.82, 2.24) is 19.9 Å². The van der Waals surface area contributed by atoms with E-state index >= 15 is 4.39 Å². The first-order valence-corrected chi connectivity index (χ1v) is 10.9. The summed E-state index contributed by atoms with van der Waals surface area (Å²) in [5, 5.41) is 18.8. The van der Waals surface area contributed by atoms with Gasteiger partial charge in [0.2, 0.25) is 0 Å². The molecular formula is C23H24F4N4O2. The molecule has 2 atom stereocenters. The predicted molar refractivity (Wildman–Crippen MR) is 111 cm³/mol. The molecule has 2 fully saturated rings. The Balaban J connectivity index is 1.50. The standard InChI is InChI=1S/C23H24F4N4O2/c1-21(32)13-33-7-6-22(21,18-5-4-17(8-19(18)24)23(25,26)27)29-10-15-11-30-31-12-16(14-2-3-14)9-28-20(15)31/h4-5,8-9,11-12,14,29,32H,2-3,6-7,10,13H2,1H3. The van der Waals surface area contributed by atoms with E-state index in [9.17, 15) is 18.3 Å². The Hall–Kier alpha value is -2.56. The molecule has 1 aromatic carbocycles.